The van der Waals surface area contributed by atoms with E-state index in [9.17, 15) is 0 Å². The number of nitrogens with one attached hydrogen (secondary N) is 1. The Morgan fingerprint density at radius 3 is 2.80 bits per heavy atom. The molecule has 0 aliphatic heterocycles. The van der Waals surface area contributed by atoms with Gasteiger partial charge in [-0.05, 0) is 27.1 Å². The molecule has 15 heavy (non-hydrogen) atoms. The maximum absolute atomic E-state index is 5.23. The number of nitrogens with zero attached hydrogens (tertiary/aromatic N) is 1. The molecule has 4 heteroatoms. The Hall–Kier alpha value is -0.450. The van der Waals surface area contributed by atoms with E-state index in [0.29, 0.717) is 0 Å². The van der Waals surface area contributed by atoms with Crippen molar-refractivity contribution in [1.29, 1.82) is 0 Å². The van der Waals surface area contributed by atoms with Gasteiger partial charge in [0, 0.05) is 30.3 Å². The van der Waals surface area contributed by atoms with Crippen LogP contribution in [0.4, 0.5) is 0 Å². The zero-order valence-corrected chi connectivity index (χ0v) is 10.6. The summed E-state index contributed by atoms with van der Waals surface area (Å²) in [5.41, 5.74) is 0. The van der Waals surface area contributed by atoms with Crippen LogP contribution in [0.15, 0.2) is 21.6 Å². The molecule has 0 aliphatic carbocycles. The van der Waals surface area contributed by atoms with Crippen molar-refractivity contribution < 1.29 is 4.42 Å². The van der Waals surface area contributed by atoms with Gasteiger partial charge in [0.2, 0.25) is 0 Å². The molecule has 0 fully saturated rings. The van der Waals surface area contributed by atoms with Crippen LogP contribution in [-0.4, -0.2) is 44.4 Å². The molecule has 3 nitrogen and oxygen atoms in total. The maximum atomic E-state index is 5.23. The number of thioether (sulfide) groups is 1. The van der Waals surface area contributed by atoms with Crippen LogP contribution >= 0.6 is 11.8 Å². The van der Waals surface area contributed by atoms with Crippen LogP contribution < -0.4 is 5.32 Å². The molecule has 0 bridgehead atoms. The average Bonchev–Trinajstić information content (AvgIpc) is 2.57. The third-order valence-corrected chi connectivity index (χ3v) is 3.23. The molecular weight excluding hydrogens is 208 g/mol. The molecular formula is C11H20N2OS. The number of aryl methyl sites for hydroxylation is 1. The van der Waals surface area contributed by atoms with Gasteiger partial charge in [0.15, 0.2) is 0 Å². The molecule has 0 radical (unpaired) electrons. The predicted octanol–water partition coefficient (Wildman–Crippen LogP) is 1.83. The molecule has 0 saturated heterocycles. The van der Waals surface area contributed by atoms with Crippen LogP contribution in [0.5, 0.6) is 0 Å². The molecule has 0 aromatic carbocycles. The Bertz CT molecular complexity index is 273. The summed E-state index contributed by atoms with van der Waals surface area (Å²) in [7, 11) is 4.18. The van der Waals surface area contributed by atoms with Gasteiger partial charge >= 0.3 is 0 Å². The van der Waals surface area contributed by atoms with E-state index in [2.05, 4.69) is 24.3 Å². The van der Waals surface area contributed by atoms with Crippen LogP contribution in [0, 0.1) is 6.92 Å². The third kappa shape index (κ3) is 5.25. The largest absolute Gasteiger partial charge is 0.468 e. The van der Waals surface area contributed by atoms with Crippen LogP contribution in [0.25, 0.3) is 0 Å². The van der Waals surface area contributed by atoms with Crippen molar-refractivity contribution in [2.24, 2.45) is 0 Å². The van der Waals surface area contributed by atoms with Crippen molar-refractivity contribution in [2.75, 3.05) is 39.5 Å². The number of hydrogen-bond acceptors (Lipinski definition) is 4. The quantitative estimate of drug-likeness (QED) is 0.569. The zero-order valence-electron chi connectivity index (χ0n) is 9.75. The highest BCUT2D eigenvalue weighted by Crippen LogP contribution is 2.22. The van der Waals surface area contributed by atoms with Gasteiger partial charge in [-0.1, -0.05) is 0 Å². The minimum absolute atomic E-state index is 1.02. The molecule has 0 aliphatic rings. The summed E-state index contributed by atoms with van der Waals surface area (Å²) in [6, 6.07) is 2.03. The van der Waals surface area contributed by atoms with Gasteiger partial charge in [0.25, 0.3) is 0 Å². The van der Waals surface area contributed by atoms with Crippen LogP contribution in [-0.2, 0) is 0 Å². The lowest BCUT2D eigenvalue weighted by Gasteiger charge is -2.09. The second kappa shape index (κ2) is 6.93. The lowest BCUT2D eigenvalue weighted by Crippen LogP contribution is -2.27. The molecule has 0 amide bonds. The van der Waals surface area contributed by atoms with Crippen molar-refractivity contribution in [2.45, 2.75) is 11.8 Å². The number of rotatable bonds is 7. The fourth-order valence-electron chi connectivity index (χ4n) is 1.18. The number of likely N-dealkylation sites (N-methyl/N-ethyl adjacent to an activating group) is 1. The number of furan rings is 1. The first-order valence-electron chi connectivity index (χ1n) is 5.22. The summed E-state index contributed by atoms with van der Waals surface area (Å²) in [5, 5.41) is 3.41. The van der Waals surface area contributed by atoms with E-state index in [1.807, 2.05) is 24.8 Å². The topological polar surface area (TPSA) is 28.4 Å². The highest BCUT2D eigenvalue weighted by Gasteiger charge is 2.00. The summed E-state index contributed by atoms with van der Waals surface area (Å²) in [4.78, 5) is 3.44. The summed E-state index contributed by atoms with van der Waals surface area (Å²) in [6.45, 7) is 5.19. The second-order valence-electron chi connectivity index (χ2n) is 3.74. The second-order valence-corrected chi connectivity index (χ2v) is 4.88. The highest BCUT2D eigenvalue weighted by molar-refractivity contribution is 7.99. The van der Waals surface area contributed by atoms with E-state index in [0.717, 1.165) is 31.1 Å². The first-order chi connectivity index (χ1) is 7.20. The summed E-state index contributed by atoms with van der Waals surface area (Å²) < 4.78 is 5.23. The molecule has 0 unspecified atom stereocenters. The van der Waals surface area contributed by atoms with Gasteiger partial charge in [-0.15, -0.1) is 11.8 Å². The molecule has 0 atom stereocenters. The van der Waals surface area contributed by atoms with Gasteiger partial charge in [0.05, 0.1) is 6.26 Å². The molecule has 0 saturated carbocycles. The molecule has 0 spiro atoms. The number of hydrogen-bond donors (Lipinski definition) is 1. The van der Waals surface area contributed by atoms with Crippen LogP contribution in [0.3, 0.4) is 0 Å². The van der Waals surface area contributed by atoms with Crippen LogP contribution in [0.2, 0.25) is 0 Å². The van der Waals surface area contributed by atoms with Gasteiger partial charge in [0.1, 0.15) is 5.76 Å². The molecule has 1 heterocycles. The standard InChI is InChI=1S/C11H20N2OS/c1-10-11(4-8-14-10)15-9-6-12-5-7-13(2)3/h4,8,12H,5-7,9H2,1-3H3. The molecule has 1 aromatic heterocycles. The minimum Gasteiger partial charge on any atom is -0.468 e. The average molecular weight is 228 g/mol. The van der Waals surface area contributed by atoms with E-state index in [4.69, 9.17) is 4.42 Å². The Morgan fingerprint density at radius 2 is 2.20 bits per heavy atom. The molecule has 1 aromatic rings. The Kier molecular flexibility index (Phi) is 5.83. The Morgan fingerprint density at radius 1 is 1.40 bits per heavy atom. The van der Waals surface area contributed by atoms with Gasteiger partial charge in [-0.2, -0.15) is 0 Å². The van der Waals surface area contributed by atoms with Crippen molar-refractivity contribution in [3.8, 4) is 0 Å². The van der Waals surface area contributed by atoms with Crippen molar-refractivity contribution in [3.63, 3.8) is 0 Å². The van der Waals surface area contributed by atoms with E-state index >= 15 is 0 Å². The fraction of sp³-hybridized carbons (Fsp3) is 0.636. The maximum Gasteiger partial charge on any atom is 0.114 e. The van der Waals surface area contributed by atoms with Crippen molar-refractivity contribution in [3.05, 3.63) is 18.1 Å². The zero-order chi connectivity index (χ0) is 11.1. The lowest BCUT2D eigenvalue weighted by atomic mass is 10.5. The van der Waals surface area contributed by atoms with Gasteiger partial charge < -0.3 is 14.6 Å². The molecule has 1 rings (SSSR count). The third-order valence-electron chi connectivity index (χ3n) is 2.08. The minimum atomic E-state index is 1.02. The Balaban J connectivity index is 2.00. The van der Waals surface area contributed by atoms with E-state index in [-0.39, 0.29) is 0 Å². The van der Waals surface area contributed by atoms with E-state index in [1.165, 1.54) is 4.90 Å². The summed E-state index contributed by atoms with van der Waals surface area (Å²) in [6.07, 6.45) is 1.75. The fourth-order valence-corrected chi connectivity index (χ4v) is 2.05. The first kappa shape index (κ1) is 12.6. The normalized spacial score (nSPS) is 11.2. The van der Waals surface area contributed by atoms with Gasteiger partial charge in [-0.25, -0.2) is 0 Å². The molecule has 1 N–H and O–H groups in total. The van der Waals surface area contributed by atoms with Crippen molar-refractivity contribution in [1.82, 2.24) is 10.2 Å². The van der Waals surface area contributed by atoms with Gasteiger partial charge in [-0.3, -0.25) is 0 Å². The summed E-state index contributed by atoms with van der Waals surface area (Å²) >= 11 is 1.84. The lowest BCUT2D eigenvalue weighted by molar-refractivity contribution is 0.403. The summed E-state index contributed by atoms with van der Waals surface area (Å²) in [5.74, 6) is 2.11. The first-order valence-corrected chi connectivity index (χ1v) is 6.21. The smallest absolute Gasteiger partial charge is 0.114 e. The monoisotopic (exact) mass is 228 g/mol. The SMILES string of the molecule is Cc1occc1SCCNCCN(C)C. The predicted molar refractivity (Wildman–Crippen MR) is 65.6 cm³/mol. The van der Waals surface area contributed by atoms with Crippen molar-refractivity contribution >= 4 is 11.8 Å². The molecule has 86 valence electrons. The van der Waals surface area contributed by atoms with Crippen LogP contribution in [0.1, 0.15) is 5.76 Å². The van der Waals surface area contributed by atoms with E-state index < -0.39 is 0 Å². The highest BCUT2D eigenvalue weighted by atomic mass is 32.2. The van der Waals surface area contributed by atoms with E-state index in [1.54, 1.807) is 6.26 Å². The Labute approximate surface area is 96.2 Å².